The van der Waals surface area contributed by atoms with Crippen molar-refractivity contribution >= 4 is 28.9 Å². The monoisotopic (exact) mass is 331 g/mol. The molecule has 0 aliphatic carbocycles. The molecule has 3 rings (SSSR count). The van der Waals surface area contributed by atoms with E-state index in [-0.39, 0.29) is 6.42 Å². The van der Waals surface area contributed by atoms with Gasteiger partial charge in [-0.25, -0.2) is 9.78 Å². The molecule has 2 atom stereocenters. The number of carboxylic acids is 1. The number of rotatable bonds is 6. The predicted molar refractivity (Wildman–Crippen MR) is 84.1 cm³/mol. The van der Waals surface area contributed by atoms with Crippen molar-refractivity contribution in [3.8, 4) is 0 Å². The number of aromatic amines is 1. The molecule has 0 saturated carbocycles. The highest BCUT2D eigenvalue weighted by Gasteiger charge is 2.39. The summed E-state index contributed by atoms with van der Waals surface area (Å²) in [6.07, 6.45) is 0.616. The van der Waals surface area contributed by atoms with Crippen molar-refractivity contribution in [2.75, 3.05) is 6.54 Å². The third-order valence-corrected chi connectivity index (χ3v) is 3.83. The number of hydrogen-bond donors (Lipinski definition) is 4. The van der Waals surface area contributed by atoms with Crippen molar-refractivity contribution < 1.29 is 19.5 Å². The van der Waals surface area contributed by atoms with Gasteiger partial charge in [-0.1, -0.05) is 12.1 Å². The van der Waals surface area contributed by atoms with Crippen LogP contribution in [0.3, 0.4) is 0 Å². The van der Waals surface area contributed by atoms with Crippen molar-refractivity contribution in [3.63, 3.8) is 0 Å². The highest BCUT2D eigenvalue weighted by molar-refractivity contribution is 6.06. The van der Waals surface area contributed by atoms with Crippen LogP contribution >= 0.6 is 0 Å². The zero-order chi connectivity index (χ0) is 17.3. The molecule has 0 bridgehead atoms. The fraction of sp³-hybridized carbons (Fsp3) is 0.333. The molecule has 1 aromatic heterocycles. The standard InChI is InChI=1S/C15H17N5O4/c16-8(6-12-17-9-3-1-2-4-10(9)18-12)5-11-14(23)20(7-13(21)22)15(24)19-11/h1-4,8,11H,5-7,16H2,(H,17,18)(H,19,24)(H,21,22)/t8?,11-/m0/s1. The van der Waals surface area contributed by atoms with Gasteiger partial charge in [0.05, 0.1) is 11.0 Å². The quantitative estimate of drug-likeness (QED) is 0.541. The number of imide groups is 1. The summed E-state index contributed by atoms with van der Waals surface area (Å²) in [7, 11) is 0. The Balaban J connectivity index is 1.62. The van der Waals surface area contributed by atoms with Crippen LogP contribution in [0.1, 0.15) is 12.2 Å². The lowest BCUT2D eigenvalue weighted by Crippen LogP contribution is -2.38. The highest BCUT2D eigenvalue weighted by atomic mass is 16.4. The van der Waals surface area contributed by atoms with Crippen molar-refractivity contribution in [1.29, 1.82) is 0 Å². The topological polar surface area (TPSA) is 141 Å². The Bertz CT molecular complexity index is 769. The Morgan fingerprint density at radius 2 is 2.12 bits per heavy atom. The highest BCUT2D eigenvalue weighted by Crippen LogP contribution is 2.15. The van der Waals surface area contributed by atoms with Crippen LogP contribution in [0.25, 0.3) is 11.0 Å². The molecule has 1 aromatic carbocycles. The summed E-state index contributed by atoms with van der Waals surface area (Å²) in [6, 6.07) is 5.64. The Morgan fingerprint density at radius 1 is 1.38 bits per heavy atom. The summed E-state index contributed by atoms with van der Waals surface area (Å²) in [4.78, 5) is 42.7. The first-order valence-electron chi connectivity index (χ1n) is 7.47. The first-order valence-corrected chi connectivity index (χ1v) is 7.47. The lowest BCUT2D eigenvalue weighted by atomic mass is 10.0. The van der Waals surface area contributed by atoms with Gasteiger partial charge in [-0.3, -0.25) is 14.5 Å². The van der Waals surface area contributed by atoms with Gasteiger partial charge in [0.15, 0.2) is 0 Å². The number of aliphatic carboxylic acids is 1. The Kier molecular flexibility index (Phi) is 4.17. The number of hydrogen-bond acceptors (Lipinski definition) is 5. The van der Waals surface area contributed by atoms with Crippen molar-refractivity contribution in [2.24, 2.45) is 5.73 Å². The summed E-state index contributed by atoms with van der Waals surface area (Å²) >= 11 is 0. The number of para-hydroxylation sites is 2. The normalized spacial score (nSPS) is 18.9. The maximum atomic E-state index is 12.1. The number of nitrogens with one attached hydrogen (secondary N) is 2. The van der Waals surface area contributed by atoms with Crippen LogP contribution in [0.15, 0.2) is 24.3 Å². The smallest absolute Gasteiger partial charge is 0.325 e. The zero-order valence-corrected chi connectivity index (χ0v) is 12.7. The second-order valence-corrected chi connectivity index (χ2v) is 5.72. The van der Waals surface area contributed by atoms with Crippen LogP contribution in [0.4, 0.5) is 4.79 Å². The molecule has 9 nitrogen and oxygen atoms in total. The summed E-state index contributed by atoms with van der Waals surface area (Å²) in [6.45, 7) is -0.653. The molecular formula is C15H17N5O4. The van der Waals surface area contributed by atoms with E-state index in [9.17, 15) is 14.4 Å². The summed E-state index contributed by atoms with van der Waals surface area (Å²) in [5.41, 5.74) is 7.80. The lowest BCUT2D eigenvalue weighted by Gasteiger charge is -2.14. The van der Waals surface area contributed by atoms with Gasteiger partial charge >= 0.3 is 12.0 Å². The first kappa shape index (κ1) is 15.9. The number of nitrogens with zero attached hydrogens (tertiary/aromatic N) is 2. The number of H-pyrrole nitrogens is 1. The third-order valence-electron chi connectivity index (χ3n) is 3.83. The van der Waals surface area contributed by atoms with Gasteiger partial charge < -0.3 is 21.1 Å². The van der Waals surface area contributed by atoms with E-state index in [1.165, 1.54) is 0 Å². The number of amides is 3. The van der Waals surface area contributed by atoms with E-state index in [0.29, 0.717) is 17.1 Å². The van der Waals surface area contributed by atoms with Gasteiger partial charge in [-0.15, -0.1) is 0 Å². The molecule has 126 valence electrons. The van der Waals surface area contributed by atoms with E-state index >= 15 is 0 Å². The first-order chi connectivity index (χ1) is 11.4. The molecule has 1 aliphatic rings. The molecule has 1 unspecified atom stereocenters. The summed E-state index contributed by atoms with van der Waals surface area (Å²) < 4.78 is 0. The van der Waals surface area contributed by atoms with E-state index < -0.39 is 36.5 Å². The minimum Gasteiger partial charge on any atom is -0.480 e. The zero-order valence-electron chi connectivity index (χ0n) is 12.7. The Labute approximate surface area is 136 Å². The predicted octanol–water partition coefficient (Wildman–Crippen LogP) is -0.172. The number of carboxylic acid groups (broad SMARTS) is 1. The molecule has 2 aromatic rings. The number of fused-ring (bicyclic) bond motifs is 1. The average Bonchev–Trinajstić information content (AvgIpc) is 3.02. The van der Waals surface area contributed by atoms with Crippen LogP contribution in [0, 0.1) is 0 Å². The number of carbonyl (C=O) groups excluding carboxylic acids is 2. The molecule has 1 saturated heterocycles. The van der Waals surface area contributed by atoms with E-state index in [2.05, 4.69) is 15.3 Å². The van der Waals surface area contributed by atoms with E-state index in [4.69, 9.17) is 10.8 Å². The number of benzene rings is 1. The maximum absolute atomic E-state index is 12.1. The largest absolute Gasteiger partial charge is 0.480 e. The molecular weight excluding hydrogens is 314 g/mol. The second-order valence-electron chi connectivity index (χ2n) is 5.72. The van der Waals surface area contributed by atoms with Crippen LogP contribution in [0.2, 0.25) is 0 Å². The van der Waals surface area contributed by atoms with Gasteiger partial charge in [-0.05, 0) is 18.6 Å². The lowest BCUT2D eigenvalue weighted by molar-refractivity contribution is -0.141. The molecule has 1 aliphatic heterocycles. The molecule has 1 fully saturated rings. The van der Waals surface area contributed by atoms with Crippen molar-refractivity contribution in [3.05, 3.63) is 30.1 Å². The van der Waals surface area contributed by atoms with Gasteiger partial charge in [0.2, 0.25) is 0 Å². The Hall–Kier alpha value is -2.94. The van der Waals surface area contributed by atoms with Gasteiger partial charge in [0, 0.05) is 12.5 Å². The van der Waals surface area contributed by atoms with Crippen LogP contribution in [-0.2, 0) is 16.0 Å². The van der Waals surface area contributed by atoms with Gasteiger partial charge in [0.25, 0.3) is 5.91 Å². The summed E-state index contributed by atoms with van der Waals surface area (Å²) in [5, 5.41) is 11.2. The number of aromatic nitrogens is 2. The maximum Gasteiger partial charge on any atom is 0.325 e. The molecule has 5 N–H and O–H groups in total. The fourth-order valence-electron chi connectivity index (χ4n) is 2.76. The fourth-order valence-corrected chi connectivity index (χ4v) is 2.76. The van der Waals surface area contributed by atoms with Crippen molar-refractivity contribution in [2.45, 2.75) is 24.9 Å². The molecule has 0 radical (unpaired) electrons. The number of carbonyl (C=O) groups is 3. The molecule has 24 heavy (non-hydrogen) atoms. The van der Waals surface area contributed by atoms with Gasteiger partial charge in [-0.2, -0.15) is 0 Å². The van der Waals surface area contributed by atoms with Crippen LogP contribution in [-0.4, -0.2) is 56.5 Å². The molecule has 2 heterocycles. The average molecular weight is 331 g/mol. The minimum atomic E-state index is -1.24. The van der Waals surface area contributed by atoms with E-state index in [1.54, 1.807) is 0 Å². The second kappa shape index (κ2) is 6.28. The number of imidazole rings is 1. The molecule has 0 spiro atoms. The number of urea groups is 1. The van der Waals surface area contributed by atoms with Crippen LogP contribution < -0.4 is 11.1 Å². The van der Waals surface area contributed by atoms with Crippen LogP contribution in [0.5, 0.6) is 0 Å². The molecule has 9 heteroatoms. The number of nitrogens with two attached hydrogens (primary N) is 1. The minimum absolute atomic E-state index is 0.206. The Morgan fingerprint density at radius 3 is 2.83 bits per heavy atom. The van der Waals surface area contributed by atoms with Gasteiger partial charge in [0.1, 0.15) is 18.4 Å². The third kappa shape index (κ3) is 3.20. The summed E-state index contributed by atoms with van der Waals surface area (Å²) in [5.74, 6) is -1.11. The van der Waals surface area contributed by atoms with Crippen molar-refractivity contribution in [1.82, 2.24) is 20.2 Å². The SMILES string of the molecule is NC(Cc1nc2ccccc2[nH]1)C[C@@H]1NC(=O)N(CC(=O)O)C1=O. The molecule has 3 amide bonds. The van der Waals surface area contributed by atoms with E-state index in [0.717, 1.165) is 11.0 Å². The van der Waals surface area contributed by atoms with E-state index in [1.807, 2.05) is 24.3 Å².